The molecule has 0 radical (unpaired) electrons. The molecule has 1 heterocycles. The molecule has 0 amide bonds. The minimum atomic E-state index is 0.161. The minimum absolute atomic E-state index is 0.161. The lowest BCUT2D eigenvalue weighted by Gasteiger charge is -2.07. The summed E-state index contributed by atoms with van der Waals surface area (Å²) in [5, 5.41) is 12.3. The van der Waals surface area contributed by atoms with Gasteiger partial charge in [-0.3, -0.25) is 0 Å². The number of aliphatic hydroxyl groups is 1. The number of aromatic nitrogens is 3. The Morgan fingerprint density at radius 2 is 2.19 bits per heavy atom. The molecule has 1 aromatic rings. The molecule has 0 aliphatic heterocycles. The fourth-order valence-electron chi connectivity index (χ4n) is 0.875. The predicted molar refractivity (Wildman–Crippen MR) is 62.9 cm³/mol. The van der Waals surface area contributed by atoms with Gasteiger partial charge in [0.1, 0.15) is 0 Å². The second-order valence-corrected chi connectivity index (χ2v) is 4.26. The summed E-state index contributed by atoms with van der Waals surface area (Å²) in [7, 11) is 3.25. The molecule has 6 nitrogen and oxygen atoms in total. The number of nitrogens with zero attached hydrogens (tertiary/aromatic N) is 3. The first kappa shape index (κ1) is 13.0. The van der Waals surface area contributed by atoms with Gasteiger partial charge >= 0.3 is 6.01 Å². The highest BCUT2D eigenvalue weighted by molar-refractivity contribution is 7.99. The van der Waals surface area contributed by atoms with Crippen molar-refractivity contribution in [3.63, 3.8) is 0 Å². The van der Waals surface area contributed by atoms with E-state index < -0.39 is 0 Å². The van der Waals surface area contributed by atoms with Crippen LogP contribution in [0.25, 0.3) is 0 Å². The van der Waals surface area contributed by atoms with E-state index in [1.54, 1.807) is 7.05 Å². The van der Waals surface area contributed by atoms with Gasteiger partial charge < -0.3 is 15.2 Å². The van der Waals surface area contributed by atoms with E-state index in [-0.39, 0.29) is 12.5 Å². The molecule has 1 aromatic heterocycles. The Morgan fingerprint density at radius 1 is 1.44 bits per heavy atom. The lowest BCUT2D eigenvalue weighted by atomic mass is 10.2. The van der Waals surface area contributed by atoms with Crippen LogP contribution >= 0.6 is 11.8 Å². The largest absolute Gasteiger partial charge is 0.467 e. The summed E-state index contributed by atoms with van der Waals surface area (Å²) in [5.41, 5.74) is 0. The van der Waals surface area contributed by atoms with Crippen LogP contribution in [0.5, 0.6) is 6.01 Å². The van der Waals surface area contributed by atoms with Crippen molar-refractivity contribution in [3.05, 3.63) is 0 Å². The first-order chi connectivity index (χ1) is 7.69. The molecule has 2 N–H and O–H groups in total. The highest BCUT2D eigenvalue weighted by Crippen LogP contribution is 2.19. The van der Waals surface area contributed by atoms with Gasteiger partial charge in [0, 0.05) is 19.4 Å². The molecule has 0 aliphatic carbocycles. The van der Waals surface area contributed by atoms with Crippen LogP contribution < -0.4 is 10.1 Å². The Kier molecular flexibility index (Phi) is 5.27. The van der Waals surface area contributed by atoms with Crippen molar-refractivity contribution >= 4 is 17.7 Å². The van der Waals surface area contributed by atoms with E-state index in [0.29, 0.717) is 17.1 Å². The first-order valence-electron chi connectivity index (χ1n) is 4.91. The van der Waals surface area contributed by atoms with E-state index in [0.717, 1.165) is 5.75 Å². The van der Waals surface area contributed by atoms with Crippen LogP contribution in [-0.2, 0) is 0 Å². The van der Waals surface area contributed by atoms with Crippen LogP contribution in [-0.4, -0.2) is 46.6 Å². The molecule has 16 heavy (non-hydrogen) atoms. The Bertz CT molecular complexity index is 315. The number of aliphatic hydroxyl groups excluding tert-OH is 1. The van der Waals surface area contributed by atoms with Crippen LogP contribution in [0, 0.1) is 5.92 Å². The molecule has 0 fully saturated rings. The average molecular weight is 244 g/mol. The van der Waals surface area contributed by atoms with Crippen molar-refractivity contribution in [3.8, 4) is 6.01 Å². The van der Waals surface area contributed by atoms with E-state index in [4.69, 9.17) is 9.84 Å². The normalized spacial score (nSPS) is 12.2. The highest BCUT2D eigenvalue weighted by Gasteiger charge is 2.08. The van der Waals surface area contributed by atoms with Crippen LogP contribution in [0.3, 0.4) is 0 Å². The maximum absolute atomic E-state index is 8.91. The average Bonchev–Trinajstić information content (AvgIpc) is 2.35. The van der Waals surface area contributed by atoms with Crippen molar-refractivity contribution in [1.29, 1.82) is 0 Å². The number of hydrogen-bond donors (Lipinski definition) is 2. The summed E-state index contributed by atoms with van der Waals surface area (Å²) in [5.74, 6) is 1.45. The Hall–Kier alpha value is -1.08. The van der Waals surface area contributed by atoms with Gasteiger partial charge in [0.2, 0.25) is 5.95 Å². The number of nitrogens with one attached hydrogen (secondary N) is 1. The molecule has 0 saturated heterocycles. The van der Waals surface area contributed by atoms with Crippen molar-refractivity contribution in [2.24, 2.45) is 5.92 Å². The third-order valence-corrected chi connectivity index (χ3v) is 2.99. The van der Waals surface area contributed by atoms with Gasteiger partial charge in [-0.25, -0.2) is 0 Å². The molecule has 0 bridgehead atoms. The summed E-state index contributed by atoms with van der Waals surface area (Å²) in [6.45, 7) is 2.12. The van der Waals surface area contributed by atoms with Gasteiger partial charge in [0.25, 0.3) is 0 Å². The van der Waals surface area contributed by atoms with Gasteiger partial charge in [-0.1, -0.05) is 18.7 Å². The van der Waals surface area contributed by atoms with Crippen molar-refractivity contribution in [1.82, 2.24) is 15.0 Å². The number of rotatable bonds is 6. The standard InChI is InChI=1S/C9H16N4O2S/c1-6(4-14)5-16-9-12-7(10-2)11-8(13-9)15-3/h6,14H,4-5H2,1-3H3,(H,10,11,12,13). The summed E-state index contributed by atoms with van der Waals surface area (Å²) in [6, 6.07) is 0.290. The molecule has 1 unspecified atom stereocenters. The quantitative estimate of drug-likeness (QED) is 0.711. The number of ether oxygens (including phenoxy) is 1. The van der Waals surface area contributed by atoms with Gasteiger partial charge in [-0.05, 0) is 5.92 Å². The van der Waals surface area contributed by atoms with Crippen LogP contribution in [0.4, 0.5) is 5.95 Å². The summed E-state index contributed by atoms with van der Waals surface area (Å²) >= 11 is 1.47. The highest BCUT2D eigenvalue weighted by atomic mass is 32.2. The Morgan fingerprint density at radius 3 is 2.75 bits per heavy atom. The zero-order valence-corrected chi connectivity index (χ0v) is 10.4. The second-order valence-electron chi connectivity index (χ2n) is 3.28. The van der Waals surface area contributed by atoms with E-state index >= 15 is 0 Å². The maximum atomic E-state index is 8.91. The van der Waals surface area contributed by atoms with E-state index in [1.165, 1.54) is 18.9 Å². The number of hydrogen-bond acceptors (Lipinski definition) is 7. The van der Waals surface area contributed by atoms with Gasteiger partial charge in [-0.15, -0.1) is 0 Å². The van der Waals surface area contributed by atoms with Crippen LogP contribution in [0.1, 0.15) is 6.92 Å². The number of anilines is 1. The third kappa shape index (κ3) is 3.82. The molecule has 1 rings (SSSR count). The molecule has 0 saturated carbocycles. The number of methoxy groups -OCH3 is 1. The molecular weight excluding hydrogens is 228 g/mol. The fraction of sp³-hybridized carbons (Fsp3) is 0.667. The van der Waals surface area contributed by atoms with E-state index in [2.05, 4.69) is 20.3 Å². The third-order valence-electron chi connectivity index (χ3n) is 1.81. The smallest absolute Gasteiger partial charge is 0.321 e. The zero-order chi connectivity index (χ0) is 12.0. The van der Waals surface area contributed by atoms with E-state index in [1.807, 2.05) is 6.92 Å². The Labute approximate surface area is 98.9 Å². The second kappa shape index (κ2) is 6.49. The molecule has 7 heteroatoms. The van der Waals surface area contributed by atoms with E-state index in [9.17, 15) is 0 Å². The number of thioether (sulfide) groups is 1. The van der Waals surface area contributed by atoms with Crippen molar-refractivity contribution in [2.45, 2.75) is 12.1 Å². The molecule has 0 aromatic carbocycles. The summed E-state index contributed by atoms with van der Waals surface area (Å²) < 4.78 is 4.97. The predicted octanol–water partition coefficient (Wildman–Crippen LogP) is 0.642. The van der Waals surface area contributed by atoms with Crippen LogP contribution in [0.15, 0.2) is 5.16 Å². The lowest BCUT2D eigenvalue weighted by Crippen LogP contribution is -2.06. The Balaban J connectivity index is 2.71. The zero-order valence-electron chi connectivity index (χ0n) is 9.60. The topological polar surface area (TPSA) is 80.2 Å². The van der Waals surface area contributed by atoms with Crippen molar-refractivity contribution < 1.29 is 9.84 Å². The summed E-state index contributed by atoms with van der Waals surface area (Å²) in [6.07, 6.45) is 0. The van der Waals surface area contributed by atoms with Gasteiger partial charge in [-0.2, -0.15) is 15.0 Å². The molecular formula is C9H16N4O2S. The molecule has 0 spiro atoms. The first-order valence-corrected chi connectivity index (χ1v) is 5.89. The summed E-state index contributed by atoms with van der Waals surface area (Å²) in [4.78, 5) is 12.3. The SMILES string of the molecule is CNc1nc(OC)nc(SCC(C)CO)n1. The monoisotopic (exact) mass is 244 g/mol. The minimum Gasteiger partial charge on any atom is -0.467 e. The van der Waals surface area contributed by atoms with Gasteiger partial charge in [0.15, 0.2) is 5.16 Å². The lowest BCUT2D eigenvalue weighted by molar-refractivity contribution is 0.250. The maximum Gasteiger partial charge on any atom is 0.321 e. The molecule has 0 aliphatic rings. The van der Waals surface area contributed by atoms with Crippen LogP contribution in [0.2, 0.25) is 0 Å². The molecule has 90 valence electrons. The van der Waals surface area contributed by atoms with Crippen molar-refractivity contribution in [2.75, 3.05) is 31.8 Å². The molecule has 1 atom stereocenters. The fourth-order valence-corrected chi connectivity index (χ4v) is 1.71. The van der Waals surface area contributed by atoms with Gasteiger partial charge in [0.05, 0.1) is 7.11 Å².